The molecule has 3 aromatic rings. The number of fused-ring (bicyclic) bond motifs is 1. The molecule has 0 fully saturated rings. The summed E-state index contributed by atoms with van der Waals surface area (Å²) in [6, 6.07) is 3.32. The van der Waals surface area contributed by atoms with Crippen LogP contribution in [-0.4, -0.2) is 51.5 Å². The van der Waals surface area contributed by atoms with Gasteiger partial charge in [0.25, 0.3) is 0 Å². The number of halogens is 1. The molecule has 3 rings (SSSR count). The van der Waals surface area contributed by atoms with Crippen LogP contribution in [0.2, 0.25) is 0 Å². The number of anilines is 2. The zero-order chi connectivity index (χ0) is 23.6. The Morgan fingerprint density at radius 3 is 2.53 bits per heavy atom. The SMILES string of the molecule is COc1ncnc(N(C)C(=O)OC(C)(C)C)c1-c1cc2cc(NC(=O)OF)ncc2n1C. The maximum Gasteiger partial charge on any atom is 0.450 e. The van der Waals surface area contributed by atoms with E-state index in [2.05, 4.69) is 25.2 Å². The highest BCUT2D eigenvalue weighted by atomic mass is 19.3. The molecule has 0 saturated heterocycles. The number of amides is 2. The predicted molar refractivity (Wildman–Crippen MR) is 114 cm³/mol. The average Bonchev–Trinajstić information content (AvgIpc) is 3.06. The minimum atomic E-state index is -1.28. The summed E-state index contributed by atoms with van der Waals surface area (Å²) in [5.41, 5.74) is 1.04. The number of ether oxygens (including phenoxy) is 2. The second kappa shape index (κ2) is 8.65. The van der Waals surface area contributed by atoms with Crippen molar-refractivity contribution in [1.82, 2.24) is 19.5 Å². The largest absolute Gasteiger partial charge is 0.480 e. The van der Waals surface area contributed by atoms with Crippen LogP contribution in [0.15, 0.2) is 24.7 Å². The molecule has 0 unspecified atom stereocenters. The first-order chi connectivity index (χ1) is 15.1. The number of pyridine rings is 1. The Hall–Kier alpha value is -3.96. The molecule has 0 aliphatic rings. The number of nitrogens with zero attached hydrogens (tertiary/aromatic N) is 5. The molecule has 0 saturated carbocycles. The Morgan fingerprint density at radius 1 is 1.19 bits per heavy atom. The molecule has 0 aliphatic heterocycles. The van der Waals surface area contributed by atoms with Gasteiger partial charge in [-0.1, -0.05) is 0 Å². The average molecular weight is 446 g/mol. The first-order valence-corrected chi connectivity index (χ1v) is 9.46. The molecule has 0 atom stereocenters. The molecule has 11 nitrogen and oxygen atoms in total. The van der Waals surface area contributed by atoms with Crippen LogP contribution < -0.4 is 15.0 Å². The first-order valence-electron chi connectivity index (χ1n) is 9.46. The van der Waals surface area contributed by atoms with Crippen LogP contribution in [0.5, 0.6) is 5.88 Å². The van der Waals surface area contributed by atoms with E-state index in [1.807, 2.05) is 0 Å². The molecule has 0 aliphatic carbocycles. The highest BCUT2D eigenvalue weighted by Gasteiger charge is 2.27. The van der Waals surface area contributed by atoms with Gasteiger partial charge in [0.1, 0.15) is 23.3 Å². The van der Waals surface area contributed by atoms with Gasteiger partial charge < -0.3 is 14.0 Å². The molecule has 12 heteroatoms. The van der Waals surface area contributed by atoms with Crippen LogP contribution in [-0.2, 0) is 16.7 Å². The zero-order valence-corrected chi connectivity index (χ0v) is 18.5. The molecule has 2 amide bonds. The fourth-order valence-corrected chi connectivity index (χ4v) is 3.08. The van der Waals surface area contributed by atoms with Gasteiger partial charge in [-0.15, -0.1) is 0 Å². The summed E-state index contributed by atoms with van der Waals surface area (Å²) in [5, 5.41) is 2.84. The lowest BCUT2D eigenvalue weighted by molar-refractivity contribution is -0.0544. The van der Waals surface area contributed by atoms with E-state index in [0.717, 1.165) is 0 Å². The Bertz CT molecular complexity index is 1170. The van der Waals surface area contributed by atoms with Crippen molar-refractivity contribution in [3.63, 3.8) is 0 Å². The van der Waals surface area contributed by atoms with Gasteiger partial charge in [0.05, 0.1) is 24.5 Å². The van der Waals surface area contributed by atoms with E-state index in [9.17, 15) is 14.1 Å². The van der Waals surface area contributed by atoms with Crippen molar-refractivity contribution in [3.8, 4) is 17.1 Å². The second-order valence-corrected chi connectivity index (χ2v) is 7.83. The third kappa shape index (κ3) is 4.53. The summed E-state index contributed by atoms with van der Waals surface area (Å²) in [5.74, 6) is 0.604. The fraction of sp³-hybridized carbons (Fsp3) is 0.350. The number of methoxy groups -OCH3 is 1. The second-order valence-electron chi connectivity index (χ2n) is 7.83. The van der Waals surface area contributed by atoms with E-state index in [-0.39, 0.29) is 17.5 Å². The summed E-state index contributed by atoms with van der Waals surface area (Å²) in [4.78, 5) is 40.7. The summed E-state index contributed by atoms with van der Waals surface area (Å²) in [6.45, 7) is 5.30. The van der Waals surface area contributed by atoms with Gasteiger partial charge in [-0.25, -0.2) is 29.5 Å². The van der Waals surface area contributed by atoms with Crippen molar-refractivity contribution in [2.75, 3.05) is 24.4 Å². The normalized spacial score (nSPS) is 11.2. The predicted octanol–water partition coefficient (Wildman–Crippen LogP) is 3.84. The number of aromatic nitrogens is 4. The van der Waals surface area contributed by atoms with Crippen LogP contribution in [0.4, 0.5) is 25.8 Å². The molecule has 0 radical (unpaired) electrons. The van der Waals surface area contributed by atoms with Gasteiger partial charge in [-0.3, -0.25) is 10.2 Å². The number of nitrogens with one attached hydrogen (secondary N) is 1. The van der Waals surface area contributed by atoms with Crippen LogP contribution in [0, 0.1) is 0 Å². The monoisotopic (exact) mass is 446 g/mol. The number of hydrogen-bond acceptors (Lipinski definition) is 8. The fourth-order valence-electron chi connectivity index (χ4n) is 3.08. The third-order valence-corrected chi connectivity index (χ3v) is 4.46. The maximum absolute atomic E-state index is 12.7. The maximum atomic E-state index is 12.7. The standard InChI is InChI=1S/C20H23FN6O5/c1-20(2,3)31-19(29)27(5)16-15(17(30-6)24-10-23-16)12-7-11-8-14(25-18(28)32-21)22-9-13(11)26(12)4/h7-10H,1-6H3,(H,22,25,28). The molecular weight excluding hydrogens is 423 g/mol. The third-order valence-electron chi connectivity index (χ3n) is 4.46. The van der Waals surface area contributed by atoms with E-state index < -0.39 is 17.8 Å². The lowest BCUT2D eigenvalue weighted by Crippen LogP contribution is -2.35. The van der Waals surface area contributed by atoms with E-state index in [4.69, 9.17) is 9.47 Å². The Balaban J connectivity index is 2.13. The van der Waals surface area contributed by atoms with Crippen molar-refractivity contribution in [2.45, 2.75) is 26.4 Å². The van der Waals surface area contributed by atoms with Gasteiger partial charge in [0, 0.05) is 24.0 Å². The van der Waals surface area contributed by atoms with E-state index in [1.54, 1.807) is 44.5 Å². The van der Waals surface area contributed by atoms with Gasteiger partial charge in [-0.05, 0) is 32.9 Å². The molecule has 1 N–H and O–H groups in total. The van der Waals surface area contributed by atoms with Gasteiger partial charge in [0.15, 0.2) is 5.82 Å². The quantitative estimate of drug-likeness (QED) is 0.642. The van der Waals surface area contributed by atoms with Crippen molar-refractivity contribution in [3.05, 3.63) is 24.7 Å². The molecular formula is C20H23FN6O5. The lowest BCUT2D eigenvalue weighted by Gasteiger charge is -2.25. The van der Waals surface area contributed by atoms with Crippen LogP contribution >= 0.6 is 0 Å². The Labute approximate surface area is 183 Å². The van der Waals surface area contributed by atoms with Crippen molar-refractivity contribution in [1.29, 1.82) is 0 Å². The molecule has 0 bridgehead atoms. The van der Waals surface area contributed by atoms with Gasteiger partial charge >= 0.3 is 12.2 Å². The van der Waals surface area contributed by atoms with E-state index >= 15 is 0 Å². The Morgan fingerprint density at radius 2 is 1.91 bits per heavy atom. The number of hydrogen-bond donors (Lipinski definition) is 1. The highest BCUT2D eigenvalue weighted by molar-refractivity contribution is 5.96. The number of carbonyl (C=O) groups excluding carboxylic acids is 2. The van der Waals surface area contributed by atoms with Crippen molar-refractivity contribution < 1.29 is 28.5 Å². The van der Waals surface area contributed by atoms with Crippen molar-refractivity contribution >= 4 is 34.7 Å². The van der Waals surface area contributed by atoms with E-state index in [1.165, 1.54) is 31.6 Å². The first kappa shape index (κ1) is 22.7. The number of aryl methyl sites for hydroxylation is 1. The lowest BCUT2D eigenvalue weighted by atomic mass is 10.2. The molecule has 0 aromatic carbocycles. The van der Waals surface area contributed by atoms with Gasteiger partial charge in [0.2, 0.25) is 5.88 Å². The summed E-state index contributed by atoms with van der Waals surface area (Å²) in [6.07, 6.45) is 0.900. The topological polar surface area (TPSA) is 121 Å². The molecule has 3 aromatic heterocycles. The van der Waals surface area contributed by atoms with Crippen LogP contribution in [0.1, 0.15) is 20.8 Å². The van der Waals surface area contributed by atoms with E-state index in [0.29, 0.717) is 22.2 Å². The molecule has 3 heterocycles. The zero-order valence-electron chi connectivity index (χ0n) is 18.5. The van der Waals surface area contributed by atoms with Crippen molar-refractivity contribution in [2.24, 2.45) is 7.05 Å². The minimum Gasteiger partial charge on any atom is -0.480 e. The number of rotatable bonds is 4. The van der Waals surface area contributed by atoms with Crippen LogP contribution in [0.3, 0.4) is 0 Å². The summed E-state index contributed by atoms with van der Waals surface area (Å²) < 4.78 is 24.7. The smallest absolute Gasteiger partial charge is 0.450 e. The number of carbonyl (C=O) groups is 2. The minimum absolute atomic E-state index is 0.0969. The molecule has 170 valence electrons. The van der Waals surface area contributed by atoms with Crippen LogP contribution in [0.25, 0.3) is 22.2 Å². The molecule has 32 heavy (non-hydrogen) atoms. The Kier molecular flexibility index (Phi) is 6.14. The van der Waals surface area contributed by atoms with Gasteiger partial charge in [-0.2, -0.15) is 0 Å². The molecule has 0 spiro atoms. The summed E-state index contributed by atoms with van der Waals surface area (Å²) >= 11 is 0. The summed E-state index contributed by atoms with van der Waals surface area (Å²) in [7, 11) is 4.78. The highest BCUT2D eigenvalue weighted by Crippen LogP contribution is 2.38.